The summed E-state index contributed by atoms with van der Waals surface area (Å²) in [5, 5.41) is 5.78. The van der Waals surface area contributed by atoms with Gasteiger partial charge in [-0.3, -0.25) is 0 Å². The summed E-state index contributed by atoms with van der Waals surface area (Å²) in [5.41, 5.74) is 4.43. The van der Waals surface area contributed by atoms with Gasteiger partial charge in [-0.25, -0.2) is 0 Å². The second kappa shape index (κ2) is 5.28. The van der Waals surface area contributed by atoms with Crippen LogP contribution in [0.3, 0.4) is 0 Å². The highest BCUT2D eigenvalue weighted by Crippen LogP contribution is 2.34. The van der Waals surface area contributed by atoms with Crippen molar-refractivity contribution in [1.29, 1.82) is 0 Å². The van der Waals surface area contributed by atoms with E-state index in [-0.39, 0.29) is 0 Å². The smallest absolute Gasteiger partial charge is 0.0140 e. The molecule has 0 aliphatic rings. The Labute approximate surface area is 121 Å². The lowest BCUT2D eigenvalue weighted by molar-refractivity contribution is 1.13. The average molecular weight is 262 g/mol. The van der Waals surface area contributed by atoms with Crippen LogP contribution in [0.5, 0.6) is 0 Å². The van der Waals surface area contributed by atoms with E-state index in [4.69, 9.17) is 0 Å². The molecule has 0 fully saturated rings. The van der Waals surface area contributed by atoms with E-state index in [1.807, 2.05) is 0 Å². The summed E-state index contributed by atoms with van der Waals surface area (Å²) < 4.78 is 0. The summed E-state index contributed by atoms with van der Waals surface area (Å²) in [6.45, 7) is 6.76. The Kier molecular flexibility index (Phi) is 3.48. The van der Waals surface area contributed by atoms with E-state index in [0.717, 1.165) is 19.3 Å². The van der Waals surface area contributed by atoms with Gasteiger partial charge < -0.3 is 0 Å². The van der Waals surface area contributed by atoms with Crippen LogP contribution in [0.15, 0.2) is 42.5 Å². The summed E-state index contributed by atoms with van der Waals surface area (Å²) in [7, 11) is 0. The molecule has 0 spiro atoms. The Bertz CT molecular complexity index is 766. The summed E-state index contributed by atoms with van der Waals surface area (Å²) >= 11 is 0. The van der Waals surface area contributed by atoms with E-state index in [2.05, 4.69) is 63.2 Å². The van der Waals surface area contributed by atoms with Gasteiger partial charge >= 0.3 is 0 Å². The molecule has 0 heterocycles. The molecule has 0 amide bonds. The van der Waals surface area contributed by atoms with Crippen LogP contribution in [-0.2, 0) is 19.3 Å². The van der Waals surface area contributed by atoms with Gasteiger partial charge in [-0.1, -0.05) is 63.2 Å². The van der Waals surface area contributed by atoms with Crippen molar-refractivity contribution >= 4 is 21.5 Å². The van der Waals surface area contributed by atoms with Crippen LogP contribution in [-0.4, -0.2) is 0 Å². The van der Waals surface area contributed by atoms with Crippen LogP contribution >= 0.6 is 0 Å². The van der Waals surface area contributed by atoms with Gasteiger partial charge in [0.05, 0.1) is 0 Å². The number of aryl methyl sites for hydroxylation is 3. The van der Waals surface area contributed by atoms with Crippen molar-refractivity contribution in [2.24, 2.45) is 0 Å². The molecule has 0 heteroatoms. The molecule has 0 saturated carbocycles. The van der Waals surface area contributed by atoms with Crippen LogP contribution < -0.4 is 0 Å². The maximum Gasteiger partial charge on any atom is -0.0140 e. The fourth-order valence-corrected chi connectivity index (χ4v) is 3.39. The zero-order valence-corrected chi connectivity index (χ0v) is 12.7. The van der Waals surface area contributed by atoms with Crippen LogP contribution in [0.25, 0.3) is 21.5 Å². The van der Waals surface area contributed by atoms with Gasteiger partial charge in [0, 0.05) is 0 Å². The minimum Gasteiger partial charge on any atom is -0.0616 e. The first-order chi connectivity index (χ1) is 9.80. The summed E-state index contributed by atoms with van der Waals surface area (Å²) in [6, 6.07) is 15.9. The zero-order valence-electron chi connectivity index (χ0n) is 12.7. The number of fused-ring (bicyclic) bond motifs is 2. The van der Waals surface area contributed by atoms with Crippen molar-refractivity contribution in [2.45, 2.75) is 40.0 Å². The molecule has 3 rings (SSSR count). The van der Waals surface area contributed by atoms with E-state index in [9.17, 15) is 0 Å². The molecule has 20 heavy (non-hydrogen) atoms. The molecule has 0 aromatic heterocycles. The van der Waals surface area contributed by atoms with Crippen molar-refractivity contribution in [1.82, 2.24) is 0 Å². The van der Waals surface area contributed by atoms with E-state index < -0.39 is 0 Å². The average Bonchev–Trinajstić information content (AvgIpc) is 2.51. The molecule has 0 saturated heterocycles. The predicted octanol–water partition coefficient (Wildman–Crippen LogP) is 5.68. The lowest BCUT2D eigenvalue weighted by Gasteiger charge is -2.16. The van der Waals surface area contributed by atoms with Crippen molar-refractivity contribution < 1.29 is 0 Å². The second-order valence-corrected chi connectivity index (χ2v) is 5.44. The molecule has 0 aliphatic heterocycles. The normalized spacial score (nSPS) is 11.3. The summed E-state index contributed by atoms with van der Waals surface area (Å²) in [6.07, 6.45) is 3.29. The summed E-state index contributed by atoms with van der Waals surface area (Å²) in [5.74, 6) is 0. The minimum atomic E-state index is 1.09. The van der Waals surface area contributed by atoms with Gasteiger partial charge in [-0.05, 0) is 57.5 Å². The van der Waals surface area contributed by atoms with Crippen molar-refractivity contribution in [3.05, 3.63) is 59.2 Å². The second-order valence-electron chi connectivity index (χ2n) is 5.44. The fraction of sp³-hybridized carbons (Fsp3) is 0.300. The molecular weight excluding hydrogens is 240 g/mol. The first-order valence-electron chi connectivity index (χ1n) is 7.75. The van der Waals surface area contributed by atoms with Crippen LogP contribution in [0.2, 0.25) is 0 Å². The topological polar surface area (TPSA) is 0 Å². The SMILES string of the molecule is CCc1ccc2c(CC)c3ccccc3c(CC)c2c1. The molecule has 0 radical (unpaired) electrons. The Hall–Kier alpha value is -1.82. The van der Waals surface area contributed by atoms with E-state index in [1.54, 1.807) is 0 Å². The van der Waals surface area contributed by atoms with Crippen molar-refractivity contribution in [2.75, 3.05) is 0 Å². The van der Waals surface area contributed by atoms with E-state index in [0.29, 0.717) is 0 Å². The molecule has 0 aliphatic carbocycles. The summed E-state index contributed by atoms with van der Waals surface area (Å²) in [4.78, 5) is 0. The molecule has 0 N–H and O–H groups in total. The highest BCUT2D eigenvalue weighted by molar-refractivity contribution is 6.06. The van der Waals surface area contributed by atoms with Gasteiger partial charge in [0.25, 0.3) is 0 Å². The first-order valence-corrected chi connectivity index (χ1v) is 7.75. The Morgan fingerprint density at radius 3 is 1.70 bits per heavy atom. The van der Waals surface area contributed by atoms with Gasteiger partial charge in [0.1, 0.15) is 0 Å². The van der Waals surface area contributed by atoms with Gasteiger partial charge in [-0.15, -0.1) is 0 Å². The predicted molar refractivity (Wildman–Crippen MR) is 89.6 cm³/mol. The Balaban J connectivity index is 2.54. The van der Waals surface area contributed by atoms with Gasteiger partial charge in [0.15, 0.2) is 0 Å². The molecule has 0 bridgehead atoms. The number of benzene rings is 3. The quantitative estimate of drug-likeness (QED) is 0.533. The molecule has 0 atom stereocenters. The Morgan fingerprint density at radius 2 is 1.15 bits per heavy atom. The number of hydrogen-bond acceptors (Lipinski definition) is 0. The highest BCUT2D eigenvalue weighted by Gasteiger charge is 2.11. The number of hydrogen-bond donors (Lipinski definition) is 0. The largest absolute Gasteiger partial charge is 0.0616 e. The van der Waals surface area contributed by atoms with E-state index >= 15 is 0 Å². The lowest BCUT2D eigenvalue weighted by Crippen LogP contribution is -1.95. The van der Waals surface area contributed by atoms with Gasteiger partial charge in [0.2, 0.25) is 0 Å². The molecule has 102 valence electrons. The molecular formula is C20H22. The molecule has 3 aromatic rings. The monoisotopic (exact) mass is 262 g/mol. The van der Waals surface area contributed by atoms with E-state index in [1.165, 1.54) is 38.2 Å². The third kappa shape index (κ3) is 1.91. The van der Waals surface area contributed by atoms with Crippen LogP contribution in [0.4, 0.5) is 0 Å². The molecule has 0 nitrogen and oxygen atoms in total. The first kappa shape index (κ1) is 13.2. The standard InChI is InChI=1S/C20H22/c1-4-14-11-12-19-15(5-2)17-9-7-8-10-18(17)16(6-3)20(19)13-14/h7-13H,4-6H2,1-3H3. The zero-order chi connectivity index (χ0) is 14.1. The lowest BCUT2D eigenvalue weighted by atomic mass is 9.88. The molecule has 0 unspecified atom stereocenters. The fourth-order valence-electron chi connectivity index (χ4n) is 3.39. The van der Waals surface area contributed by atoms with Crippen molar-refractivity contribution in [3.63, 3.8) is 0 Å². The third-order valence-corrected chi connectivity index (χ3v) is 4.43. The van der Waals surface area contributed by atoms with Crippen LogP contribution in [0, 0.1) is 0 Å². The molecule has 3 aromatic carbocycles. The maximum atomic E-state index is 2.40. The third-order valence-electron chi connectivity index (χ3n) is 4.43. The minimum absolute atomic E-state index is 1.09. The van der Waals surface area contributed by atoms with Crippen molar-refractivity contribution in [3.8, 4) is 0 Å². The maximum absolute atomic E-state index is 2.40. The highest BCUT2D eigenvalue weighted by atomic mass is 14.2. The number of rotatable bonds is 3. The van der Waals surface area contributed by atoms with Crippen LogP contribution in [0.1, 0.15) is 37.5 Å². The van der Waals surface area contributed by atoms with Gasteiger partial charge in [-0.2, -0.15) is 0 Å². The Morgan fingerprint density at radius 1 is 0.600 bits per heavy atom.